The zero-order valence-electron chi connectivity index (χ0n) is 12.9. The minimum atomic E-state index is -1.25. The fraction of sp³-hybridized carbons (Fsp3) is 0.125. The van der Waals surface area contributed by atoms with Gasteiger partial charge in [-0.2, -0.15) is 0 Å². The van der Waals surface area contributed by atoms with Crippen LogP contribution in [0.5, 0.6) is 5.75 Å². The van der Waals surface area contributed by atoms with Crippen LogP contribution in [0, 0.1) is 21.7 Å². The van der Waals surface area contributed by atoms with Gasteiger partial charge in [-0.25, -0.2) is 8.78 Å². The Morgan fingerprint density at radius 3 is 2.64 bits per heavy atom. The van der Waals surface area contributed by atoms with Crippen molar-refractivity contribution in [1.29, 1.82) is 0 Å². The number of carbonyl (C=O) groups excluding carboxylic acids is 2. The van der Waals surface area contributed by atoms with Crippen LogP contribution in [0.4, 0.5) is 20.2 Å². The summed E-state index contributed by atoms with van der Waals surface area (Å²) in [5.41, 5.74) is -0.814. The van der Waals surface area contributed by atoms with Crippen molar-refractivity contribution < 1.29 is 28.0 Å². The zero-order valence-corrected chi connectivity index (χ0v) is 12.9. The summed E-state index contributed by atoms with van der Waals surface area (Å²) >= 11 is 0. The average molecular weight is 350 g/mol. The Kier molecular flexibility index (Phi) is 5.38. The minimum Gasteiger partial charge on any atom is -0.474 e. The van der Waals surface area contributed by atoms with E-state index in [0.29, 0.717) is 6.29 Å². The fourth-order valence-corrected chi connectivity index (χ4v) is 1.92. The Hall–Kier alpha value is -3.36. The van der Waals surface area contributed by atoms with Gasteiger partial charge in [0.05, 0.1) is 10.6 Å². The molecule has 0 aliphatic carbocycles. The van der Waals surface area contributed by atoms with Crippen molar-refractivity contribution in [2.75, 3.05) is 5.32 Å². The molecule has 0 aromatic heterocycles. The Morgan fingerprint density at radius 1 is 1.28 bits per heavy atom. The molecule has 2 aromatic rings. The smallest absolute Gasteiger partial charge is 0.311 e. The number of nitro groups is 1. The number of hydrogen-bond acceptors (Lipinski definition) is 5. The molecule has 2 aromatic carbocycles. The number of ether oxygens (including phenoxy) is 1. The summed E-state index contributed by atoms with van der Waals surface area (Å²) in [6.07, 6.45) is -0.817. The van der Waals surface area contributed by atoms with Crippen LogP contribution in [-0.2, 0) is 4.79 Å². The van der Waals surface area contributed by atoms with Gasteiger partial charge in [0.2, 0.25) is 0 Å². The second-order valence-electron chi connectivity index (χ2n) is 4.98. The number of nitrogens with one attached hydrogen (secondary N) is 1. The number of anilines is 1. The highest BCUT2D eigenvalue weighted by atomic mass is 19.1. The predicted molar refractivity (Wildman–Crippen MR) is 83.6 cm³/mol. The lowest BCUT2D eigenvalue weighted by molar-refractivity contribution is -0.386. The van der Waals surface area contributed by atoms with Gasteiger partial charge >= 0.3 is 5.69 Å². The summed E-state index contributed by atoms with van der Waals surface area (Å²) < 4.78 is 31.9. The highest BCUT2D eigenvalue weighted by molar-refractivity contribution is 5.94. The topological polar surface area (TPSA) is 98.5 Å². The Balaban J connectivity index is 2.17. The number of halogens is 2. The van der Waals surface area contributed by atoms with Gasteiger partial charge in [-0.1, -0.05) is 0 Å². The van der Waals surface area contributed by atoms with E-state index >= 15 is 0 Å². The molecular formula is C16H12F2N2O5. The highest BCUT2D eigenvalue weighted by Gasteiger charge is 2.22. The summed E-state index contributed by atoms with van der Waals surface area (Å²) in [7, 11) is 0. The van der Waals surface area contributed by atoms with E-state index in [1.54, 1.807) is 0 Å². The van der Waals surface area contributed by atoms with Crippen molar-refractivity contribution in [2.45, 2.75) is 13.0 Å². The van der Waals surface area contributed by atoms with E-state index in [9.17, 15) is 28.5 Å². The first-order chi connectivity index (χ1) is 11.8. The first-order valence-electron chi connectivity index (χ1n) is 6.98. The molecule has 0 spiro atoms. The monoisotopic (exact) mass is 350 g/mol. The molecule has 0 fully saturated rings. The molecule has 0 aliphatic heterocycles. The van der Waals surface area contributed by atoms with Crippen LogP contribution < -0.4 is 10.1 Å². The first kappa shape index (κ1) is 18.0. The number of amides is 1. The number of nitrogens with zero attached hydrogens (tertiary/aromatic N) is 1. The van der Waals surface area contributed by atoms with Gasteiger partial charge in [0.25, 0.3) is 5.91 Å². The quantitative estimate of drug-likeness (QED) is 0.490. The molecule has 2 rings (SSSR count). The molecule has 1 atom stereocenters. The lowest BCUT2D eigenvalue weighted by atomic mass is 10.2. The van der Waals surface area contributed by atoms with Crippen LogP contribution in [0.15, 0.2) is 36.4 Å². The summed E-state index contributed by atoms with van der Waals surface area (Å²) in [6.45, 7) is 1.28. The fourth-order valence-electron chi connectivity index (χ4n) is 1.92. The number of rotatable bonds is 6. The number of carbonyl (C=O) groups is 2. The van der Waals surface area contributed by atoms with E-state index in [2.05, 4.69) is 5.32 Å². The van der Waals surface area contributed by atoms with Crippen LogP contribution >= 0.6 is 0 Å². The van der Waals surface area contributed by atoms with E-state index in [-0.39, 0.29) is 17.0 Å². The van der Waals surface area contributed by atoms with Crippen molar-refractivity contribution >= 4 is 23.6 Å². The third-order valence-corrected chi connectivity index (χ3v) is 3.18. The standard InChI is InChI=1S/C16H12F2N2O5/c1-9(16(22)19-13-7-11(17)3-4-12(13)18)25-15-5-2-10(8-21)6-14(15)20(23)24/h2-9H,1H3,(H,19,22)/t9-/m1/s1. The van der Waals surface area contributed by atoms with Gasteiger partial charge in [-0.05, 0) is 31.2 Å². The number of aldehydes is 1. The summed E-state index contributed by atoms with van der Waals surface area (Å²) in [5, 5.41) is 13.2. The molecule has 130 valence electrons. The molecule has 0 radical (unpaired) electrons. The SMILES string of the molecule is C[C@@H](Oc1ccc(C=O)cc1[N+](=O)[O-])C(=O)Nc1cc(F)ccc1F. The van der Waals surface area contributed by atoms with Gasteiger partial charge in [0.15, 0.2) is 11.9 Å². The van der Waals surface area contributed by atoms with Gasteiger partial charge < -0.3 is 10.1 Å². The molecule has 0 saturated carbocycles. The molecular weight excluding hydrogens is 338 g/mol. The van der Waals surface area contributed by atoms with E-state index in [1.165, 1.54) is 19.1 Å². The van der Waals surface area contributed by atoms with E-state index in [4.69, 9.17) is 4.74 Å². The first-order valence-corrected chi connectivity index (χ1v) is 6.98. The third-order valence-electron chi connectivity index (χ3n) is 3.18. The molecule has 25 heavy (non-hydrogen) atoms. The summed E-state index contributed by atoms with van der Waals surface area (Å²) in [6, 6.07) is 5.99. The third kappa shape index (κ3) is 4.34. The van der Waals surface area contributed by atoms with Crippen molar-refractivity contribution in [3.05, 3.63) is 63.7 Å². The maximum absolute atomic E-state index is 13.5. The molecule has 0 bridgehead atoms. The van der Waals surface area contributed by atoms with Gasteiger partial charge in [-0.15, -0.1) is 0 Å². The predicted octanol–water partition coefficient (Wildman–Crippen LogP) is 3.09. The second-order valence-corrected chi connectivity index (χ2v) is 4.98. The molecule has 0 unspecified atom stereocenters. The van der Waals surface area contributed by atoms with Gasteiger partial charge in [0.1, 0.15) is 17.9 Å². The highest BCUT2D eigenvalue weighted by Crippen LogP contribution is 2.28. The molecule has 9 heteroatoms. The zero-order chi connectivity index (χ0) is 18.6. The maximum Gasteiger partial charge on any atom is 0.311 e. The van der Waals surface area contributed by atoms with Crippen LogP contribution in [0.3, 0.4) is 0 Å². The van der Waals surface area contributed by atoms with Crippen LogP contribution in [-0.4, -0.2) is 23.2 Å². The lowest BCUT2D eigenvalue weighted by Crippen LogP contribution is -2.30. The second kappa shape index (κ2) is 7.47. The maximum atomic E-state index is 13.5. The van der Waals surface area contributed by atoms with Crippen molar-refractivity contribution in [1.82, 2.24) is 0 Å². The Bertz CT molecular complexity index is 841. The Morgan fingerprint density at radius 2 is 2.00 bits per heavy atom. The minimum absolute atomic E-state index is 0.0676. The normalized spacial score (nSPS) is 11.5. The van der Waals surface area contributed by atoms with Crippen LogP contribution in [0.1, 0.15) is 17.3 Å². The molecule has 7 nitrogen and oxygen atoms in total. The van der Waals surface area contributed by atoms with Crippen molar-refractivity contribution in [3.8, 4) is 5.75 Å². The van der Waals surface area contributed by atoms with Crippen molar-refractivity contribution in [2.24, 2.45) is 0 Å². The van der Waals surface area contributed by atoms with Gasteiger partial charge in [0, 0.05) is 17.7 Å². The molecule has 0 saturated heterocycles. The lowest BCUT2D eigenvalue weighted by Gasteiger charge is -2.15. The van der Waals surface area contributed by atoms with E-state index in [0.717, 1.165) is 24.3 Å². The molecule has 1 amide bonds. The van der Waals surface area contributed by atoms with Crippen LogP contribution in [0.2, 0.25) is 0 Å². The van der Waals surface area contributed by atoms with Crippen molar-refractivity contribution in [3.63, 3.8) is 0 Å². The Labute approximate surface area is 140 Å². The van der Waals surface area contributed by atoms with Crippen LogP contribution in [0.25, 0.3) is 0 Å². The molecule has 1 N–H and O–H groups in total. The molecule has 0 aliphatic rings. The van der Waals surface area contributed by atoms with E-state index < -0.39 is 34.3 Å². The average Bonchev–Trinajstić information content (AvgIpc) is 2.58. The molecule has 0 heterocycles. The summed E-state index contributed by atoms with van der Waals surface area (Å²) in [4.78, 5) is 33.0. The number of nitro benzene ring substituents is 1. The number of benzene rings is 2. The van der Waals surface area contributed by atoms with E-state index in [1.807, 2.05) is 0 Å². The van der Waals surface area contributed by atoms with Gasteiger partial charge in [-0.3, -0.25) is 19.7 Å². The summed E-state index contributed by atoms with van der Waals surface area (Å²) in [5.74, 6) is -2.66. The largest absolute Gasteiger partial charge is 0.474 e. The number of hydrogen-bond donors (Lipinski definition) is 1.